The first-order valence-corrected chi connectivity index (χ1v) is 5.68. The Balaban J connectivity index is 2.47. The normalized spacial score (nSPS) is 17.0. The summed E-state index contributed by atoms with van der Waals surface area (Å²) in [6, 6.07) is 3.91. The summed E-state index contributed by atoms with van der Waals surface area (Å²) < 4.78 is 5.30. The predicted molar refractivity (Wildman–Crippen MR) is 64.1 cm³/mol. The fourth-order valence-electron chi connectivity index (χ4n) is 1.88. The Bertz CT molecular complexity index is 442. The van der Waals surface area contributed by atoms with Crippen LogP contribution >= 0.6 is 0 Å². The highest BCUT2D eigenvalue weighted by Gasteiger charge is 2.45. The zero-order valence-electron chi connectivity index (χ0n) is 10.4. The minimum absolute atomic E-state index is 0.130. The van der Waals surface area contributed by atoms with Crippen molar-refractivity contribution >= 4 is 5.78 Å². The fraction of sp³-hybridized carbons (Fsp3) is 0.500. The average molecular weight is 218 g/mol. The standard InChI is InChI=1S/C14H18O2/c1-9-7-11(12(16-4)8-10(9)2)13(15)14(3)5-6-14/h7-8H,5-6H2,1-4H3. The highest BCUT2D eigenvalue weighted by molar-refractivity contribution is 6.04. The van der Waals surface area contributed by atoms with E-state index < -0.39 is 0 Å². The van der Waals surface area contributed by atoms with Crippen LogP contribution in [0.1, 0.15) is 41.3 Å². The monoisotopic (exact) mass is 218 g/mol. The van der Waals surface area contributed by atoms with Gasteiger partial charge < -0.3 is 4.74 Å². The van der Waals surface area contributed by atoms with Crippen molar-refractivity contribution in [3.05, 3.63) is 28.8 Å². The highest BCUT2D eigenvalue weighted by atomic mass is 16.5. The van der Waals surface area contributed by atoms with Crippen molar-refractivity contribution in [2.45, 2.75) is 33.6 Å². The van der Waals surface area contributed by atoms with Crippen LogP contribution in [0.25, 0.3) is 0 Å². The van der Waals surface area contributed by atoms with E-state index in [1.165, 1.54) is 0 Å². The molecule has 1 aromatic carbocycles. The van der Waals surface area contributed by atoms with E-state index in [0.717, 1.165) is 29.5 Å². The van der Waals surface area contributed by atoms with Crippen LogP contribution < -0.4 is 4.74 Å². The van der Waals surface area contributed by atoms with E-state index in [1.54, 1.807) is 7.11 Å². The van der Waals surface area contributed by atoms with E-state index in [0.29, 0.717) is 5.75 Å². The lowest BCUT2D eigenvalue weighted by Gasteiger charge is -2.13. The van der Waals surface area contributed by atoms with Gasteiger partial charge in [0.1, 0.15) is 5.75 Å². The Morgan fingerprint density at radius 1 is 1.25 bits per heavy atom. The van der Waals surface area contributed by atoms with Crippen molar-refractivity contribution in [1.29, 1.82) is 0 Å². The number of ketones is 1. The van der Waals surface area contributed by atoms with Gasteiger partial charge in [0, 0.05) is 5.41 Å². The van der Waals surface area contributed by atoms with Crippen molar-refractivity contribution in [2.24, 2.45) is 5.41 Å². The Morgan fingerprint density at radius 2 is 1.81 bits per heavy atom. The number of carbonyl (C=O) groups is 1. The van der Waals surface area contributed by atoms with Crippen LogP contribution in [0.3, 0.4) is 0 Å². The summed E-state index contributed by atoms with van der Waals surface area (Å²) in [5, 5.41) is 0. The summed E-state index contributed by atoms with van der Waals surface area (Å²) in [7, 11) is 1.62. The molecular formula is C14H18O2. The maximum absolute atomic E-state index is 12.3. The van der Waals surface area contributed by atoms with E-state index in [9.17, 15) is 4.79 Å². The van der Waals surface area contributed by atoms with Gasteiger partial charge in [-0.05, 0) is 49.9 Å². The van der Waals surface area contributed by atoms with Gasteiger partial charge in [0.05, 0.1) is 12.7 Å². The van der Waals surface area contributed by atoms with Gasteiger partial charge in [-0.1, -0.05) is 6.92 Å². The molecule has 0 unspecified atom stereocenters. The number of methoxy groups -OCH3 is 1. The Morgan fingerprint density at radius 3 is 2.31 bits per heavy atom. The van der Waals surface area contributed by atoms with Gasteiger partial charge in [-0.15, -0.1) is 0 Å². The molecule has 1 aliphatic carbocycles. The molecule has 0 bridgehead atoms. The molecule has 1 fully saturated rings. The third kappa shape index (κ3) is 1.73. The number of hydrogen-bond donors (Lipinski definition) is 0. The van der Waals surface area contributed by atoms with Gasteiger partial charge in [0.25, 0.3) is 0 Å². The molecule has 2 nitrogen and oxygen atoms in total. The smallest absolute Gasteiger partial charge is 0.172 e. The van der Waals surface area contributed by atoms with Gasteiger partial charge in [-0.3, -0.25) is 4.79 Å². The zero-order chi connectivity index (χ0) is 11.9. The van der Waals surface area contributed by atoms with Crippen molar-refractivity contribution in [1.82, 2.24) is 0 Å². The zero-order valence-corrected chi connectivity index (χ0v) is 10.4. The molecule has 0 aromatic heterocycles. The highest BCUT2D eigenvalue weighted by Crippen LogP contribution is 2.48. The van der Waals surface area contributed by atoms with Gasteiger partial charge >= 0.3 is 0 Å². The number of rotatable bonds is 3. The molecule has 2 rings (SSSR count). The molecule has 1 saturated carbocycles. The second-order valence-corrected chi connectivity index (χ2v) is 5.03. The molecule has 0 atom stereocenters. The molecule has 0 amide bonds. The summed E-state index contributed by atoms with van der Waals surface area (Å²) in [6.45, 7) is 6.09. The number of Topliss-reactive ketones (excluding diaryl/α,β-unsaturated/α-hetero) is 1. The molecule has 0 N–H and O–H groups in total. The number of ether oxygens (including phenoxy) is 1. The molecule has 0 radical (unpaired) electrons. The molecule has 1 aromatic rings. The number of hydrogen-bond acceptors (Lipinski definition) is 2. The fourth-order valence-corrected chi connectivity index (χ4v) is 1.88. The molecule has 0 aliphatic heterocycles. The summed E-state index contributed by atoms with van der Waals surface area (Å²) in [5.41, 5.74) is 2.92. The first-order valence-electron chi connectivity index (χ1n) is 5.68. The van der Waals surface area contributed by atoms with Crippen LogP contribution in [0.15, 0.2) is 12.1 Å². The summed E-state index contributed by atoms with van der Waals surface area (Å²) in [5.74, 6) is 0.939. The van der Waals surface area contributed by atoms with Crippen molar-refractivity contribution in [3.63, 3.8) is 0 Å². The van der Waals surface area contributed by atoms with Crippen LogP contribution in [0.2, 0.25) is 0 Å². The minimum atomic E-state index is -0.130. The van der Waals surface area contributed by atoms with Crippen molar-refractivity contribution < 1.29 is 9.53 Å². The molecule has 86 valence electrons. The van der Waals surface area contributed by atoms with Gasteiger partial charge in [0.2, 0.25) is 0 Å². The molecular weight excluding hydrogens is 200 g/mol. The van der Waals surface area contributed by atoms with Crippen molar-refractivity contribution in [3.8, 4) is 5.75 Å². The quantitative estimate of drug-likeness (QED) is 0.728. The lowest BCUT2D eigenvalue weighted by molar-refractivity contribution is 0.0909. The predicted octanol–water partition coefficient (Wildman–Crippen LogP) is 3.29. The Hall–Kier alpha value is -1.31. The number of aryl methyl sites for hydroxylation is 2. The van der Waals surface area contributed by atoms with Gasteiger partial charge in [-0.2, -0.15) is 0 Å². The summed E-state index contributed by atoms with van der Waals surface area (Å²) in [4.78, 5) is 12.3. The SMILES string of the molecule is COc1cc(C)c(C)cc1C(=O)C1(C)CC1. The lowest BCUT2D eigenvalue weighted by atomic mass is 9.93. The first-order chi connectivity index (χ1) is 7.48. The molecule has 16 heavy (non-hydrogen) atoms. The second-order valence-electron chi connectivity index (χ2n) is 5.03. The maximum Gasteiger partial charge on any atom is 0.172 e. The Labute approximate surface area is 96.6 Å². The van der Waals surface area contributed by atoms with Crippen LogP contribution in [0, 0.1) is 19.3 Å². The van der Waals surface area contributed by atoms with Crippen LogP contribution in [0.4, 0.5) is 0 Å². The first kappa shape index (κ1) is 11.2. The third-order valence-electron chi connectivity index (χ3n) is 3.61. The largest absolute Gasteiger partial charge is 0.496 e. The van der Waals surface area contributed by atoms with E-state index in [1.807, 2.05) is 32.9 Å². The molecule has 0 heterocycles. The molecule has 0 saturated heterocycles. The number of benzene rings is 1. The molecule has 1 aliphatic rings. The average Bonchev–Trinajstić information content (AvgIpc) is 3.00. The van der Waals surface area contributed by atoms with Crippen LogP contribution in [0.5, 0.6) is 5.75 Å². The second kappa shape index (κ2) is 3.62. The summed E-state index contributed by atoms with van der Waals surface area (Å²) in [6.07, 6.45) is 2.00. The summed E-state index contributed by atoms with van der Waals surface area (Å²) >= 11 is 0. The van der Waals surface area contributed by atoms with E-state index in [-0.39, 0.29) is 11.2 Å². The maximum atomic E-state index is 12.3. The van der Waals surface area contributed by atoms with Crippen molar-refractivity contribution in [2.75, 3.05) is 7.11 Å². The minimum Gasteiger partial charge on any atom is -0.496 e. The van der Waals surface area contributed by atoms with Crippen LogP contribution in [-0.2, 0) is 0 Å². The van der Waals surface area contributed by atoms with Crippen LogP contribution in [-0.4, -0.2) is 12.9 Å². The van der Waals surface area contributed by atoms with E-state index in [2.05, 4.69) is 0 Å². The lowest BCUT2D eigenvalue weighted by Crippen LogP contribution is -2.13. The number of carbonyl (C=O) groups excluding carboxylic acids is 1. The third-order valence-corrected chi connectivity index (χ3v) is 3.61. The van der Waals surface area contributed by atoms with Gasteiger partial charge in [0.15, 0.2) is 5.78 Å². The topological polar surface area (TPSA) is 26.3 Å². The van der Waals surface area contributed by atoms with E-state index >= 15 is 0 Å². The molecule has 2 heteroatoms. The van der Waals surface area contributed by atoms with Gasteiger partial charge in [-0.25, -0.2) is 0 Å². The Kier molecular flexibility index (Phi) is 2.53. The molecule has 0 spiro atoms. The van der Waals surface area contributed by atoms with E-state index in [4.69, 9.17) is 4.74 Å².